The predicted molar refractivity (Wildman–Crippen MR) is 59.5 cm³/mol. The molecule has 2 unspecified atom stereocenters. The van der Waals surface area contributed by atoms with Crippen molar-refractivity contribution >= 4 is 5.97 Å². The van der Waals surface area contributed by atoms with E-state index < -0.39 is 0 Å². The third-order valence-corrected chi connectivity index (χ3v) is 4.07. The third-order valence-electron chi connectivity index (χ3n) is 4.07. The van der Waals surface area contributed by atoms with Crippen molar-refractivity contribution in [2.24, 2.45) is 11.8 Å². The number of ether oxygens (including phenoxy) is 1. The fraction of sp³-hybridized carbons (Fsp3) is 0.923. The molecule has 0 aromatic carbocycles. The molecule has 0 radical (unpaired) electrons. The number of rotatable bonds is 2. The molecular weight excluding hydrogens is 188 g/mol. The van der Waals surface area contributed by atoms with E-state index in [0.717, 1.165) is 19.3 Å². The van der Waals surface area contributed by atoms with Crippen molar-refractivity contribution in [2.75, 3.05) is 0 Å². The standard InChI is InChI=1S/C13H22O2/c1-2-10-8-9-12(15-13(10)14)11-6-4-3-5-7-11/h10-12H,2-9H2,1H3. The van der Waals surface area contributed by atoms with Gasteiger partial charge in [-0.1, -0.05) is 26.2 Å². The van der Waals surface area contributed by atoms with Crippen LogP contribution in [0.3, 0.4) is 0 Å². The molecule has 0 N–H and O–H groups in total. The van der Waals surface area contributed by atoms with Gasteiger partial charge in [-0.15, -0.1) is 0 Å². The second-order valence-electron chi connectivity index (χ2n) is 5.06. The molecule has 0 amide bonds. The van der Waals surface area contributed by atoms with Crippen LogP contribution in [0.15, 0.2) is 0 Å². The van der Waals surface area contributed by atoms with Gasteiger partial charge in [0.1, 0.15) is 6.10 Å². The summed E-state index contributed by atoms with van der Waals surface area (Å²) < 4.78 is 5.59. The van der Waals surface area contributed by atoms with Crippen LogP contribution in [0.25, 0.3) is 0 Å². The molecular formula is C13H22O2. The van der Waals surface area contributed by atoms with Gasteiger partial charge in [-0.25, -0.2) is 0 Å². The Bertz CT molecular complexity index is 219. The summed E-state index contributed by atoms with van der Waals surface area (Å²) in [5.41, 5.74) is 0. The number of carbonyl (C=O) groups excluding carboxylic acids is 1. The first-order valence-corrected chi connectivity index (χ1v) is 6.51. The Morgan fingerprint density at radius 1 is 1.13 bits per heavy atom. The van der Waals surface area contributed by atoms with Gasteiger partial charge in [-0.2, -0.15) is 0 Å². The zero-order valence-electron chi connectivity index (χ0n) is 9.71. The van der Waals surface area contributed by atoms with E-state index in [9.17, 15) is 4.79 Å². The summed E-state index contributed by atoms with van der Waals surface area (Å²) in [7, 11) is 0. The van der Waals surface area contributed by atoms with E-state index in [1.807, 2.05) is 0 Å². The van der Waals surface area contributed by atoms with Crippen molar-refractivity contribution in [3.8, 4) is 0 Å². The Hall–Kier alpha value is -0.530. The zero-order valence-corrected chi connectivity index (χ0v) is 9.71. The van der Waals surface area contributed by atoms with Crippen molar-refractivity contribution < 1.29 is 9.53 Å². The molecule has 1 saturated heterocycles. The fourth-order valence-corrected chi connectivity index (χ4v) is 3.00. The molecule has 15 heavy (non-hydrogen) atoms. The summed E-state index contributed by atoms with van der Waals surface area (Å²) >= 11 is 0. The van der Waals surface area contributed by atoms with Gasteiger partial charge in [0.25, 0.3) is 0 Å². The van der Waals surface area contributed by atoms with Gasteiger partial charge in [0, 0.05) is 0 Å². The van der Waals surface area contributed by atoms with Crippen LogP contribution in [0.2, 0.25) is 0 Å². The van der Waals surface area contributed by atoms with E-state index >= 15 is 0 Å². The van der Waals surface area contributed by atoms with Gasteiger partial charge in [-0.05, 0) is 38.0 Å². The highest BCUT2D eigenvalue weighted by molar-refractivity contribution is 5.73. The molecule has 1 saturated carbocycles. The highest BCUT2D eigenvalue weighted by Gasteiger charge is 2.33. The molecule has 2 aliphatic rings. The van der Waals surface area contributed by atoms with E-state index in [1.54, 1.807) is 0 Å². The lowest BCUT2D eigenvalue weighted by atomic mass is 9.81. The molecule has 0 bridgehead atoms. The first kappa shape index (κ1) is 11.0. The predicted octanol–water partition coefficient (Wildman–Crippen LogP) is 3.30. The molecule has 2 atom stereocenters. The molecule has 1 aliphatic heterocycles. The highest BCUT2D eigenvalue weighted by atomic mass is 16.5. The molecule has 2 heteroatoms. The van der Waals surface area contributed by atoms with Crippen molar-refractivity contribution in [2.45, 2.75) is 64.4 Å². The molecule has 2 rings (SSSR count). The lowest BCUT2D eigenvalue weighted by molar-refractivity contribution is -0.164. The Morgan fingerprint density at radius 3 is 2.47 bits per heavy atom. The van der Waals surface area contributed by atoms with Crippen molar-refractivity contribution in [3.63, 3.8) is 0 Å². The monoisotopic (exact) mass is 210 g/mol. The smallest absolute Gasteiger partial charge is 0.309 e. The van der Waals surface area contributed by atoms with E-state index in [1.165, 1.54) is 32.1 Å². The van der Waals surface area contributed by atoms with Crippen LogP contribution < -0.4 is 0 Å². The minimum absolute atomic E-state index is 0.0688. The Kier molecular flexibility index (Phi) is 3.66. The maximum atomic E-state index is 11.7. The van der Waals surface area contributed by atoms with Crippen molar-refractivity contribution in [3.05, 3.63) is 0 Å². The maximum absolute atomic E-state index is 11.7. The number of cyclic esters (lactones) is 1. The lowest BCUT2D eigenvalue weighted by Crippen LogP contribution is -2.36. The first-order chi connectivity index (χ1) is 7.31. The summed E-state index contributed by atoms with van der Waals surface area (Å²) in [5.74, 6) is 0.921. The minimum atomic E-state index is 0.0688. The van der Waals surface area contributed by atoms with Gasteiger partial charge in [0.15, 0.2) is 0 Å². The van der Waals surface area contributed by atoms with E-state index in [0.29, 0.717) is 5.92 Å². The molecule has 1 aliphatic carbocycles. The second kappa shape index (κ2) is 5.00. The molecule has 0 spiro atoms. The van der Waals surface area contributed by atoms with E-state index in [2.05, 4.69) is 6.92 Å². The normalized spacial score (nSPS) is 33.8. The van der Waals surface area contributed by atoms with Gasteiger partial charge in [0.05, 0.1) is 5.92 Å². The molecule has 86 valence electrons. The molecule has 2 fully saturated rings. The molecule has 0 aromatic heterocycles. The number of hydrogen-bond acceptors (Lipinski definition) is 2. The summed E-state index contributed by atoms with van der Waals surface area (Å²) in [5, 5.41) is 0. The Balaban J connectivity index is 1.87. The van der Waals surface area contributed by atoms with Gasteiger partial charge >= 0.3 is 5.97 Å². The fourth-order valence-electron chi connectivity index (χ4n) is 3.00. The second-order valence-corrected chi connectivity index (χ2v) is 5.06. The topological polar surface area (TPSA) is 26.3 Å². The zero-order chi connectivity index (χ0) is 10.7. The summed E-state index contributed by atoms with van der Waals surface area (Å²) in [4.78, 5) is 11.7. The average molecular weight is 210 g/mol. The molecule has 2 nitrogen and oxygen atoms in total. The van der Waals surface area contributed by atoms with Gasteiger partial charge in [-0.3, -0.25) is 4.79 Å². The molecule has 0 aromatic rings. The van der Waals surface area contributed by atoms with Crippen LogP contribution >= 0.6 is 0 Å². The van der Waals surface area contributed by atoms with Crippen LogP contribution in [0.1, 0.15) is 58.3 Å². The number of hydrogen-bond donors (Lipinski definition) is 0. The van der Waals surface area contributed by atoms with Crippen LogP contribution in [0, 0.1) is 11.8 Å². The Morgan fingerprint density at radius 2 is 1.87 bits per heavy atom. The van der Waals surface area contributed by atoms with E-state index in [-0.39, 0.29) is 18.0 Å². The summed E-state index contributed by atoms with van der Waals surface area (Å²) in [6, 6.07) is 0. The van der Waals surface area contributed by atoms with Crippen molar-refractivity contribution in [1.29, 1.82) is 0 Å². The first-order valence-electron chi connectivity index (χ1n) is 6.51. The van der Waals surface area contributed by atoms with Crippen LogP contribution in [0.4, 0.5) is 0 Å². The van der Waals surface area contributed by atoms with Gasteiger partial charge < -0.3 is 4.74 Å². The minimum Gasteiger partial charge on any atom is -0.462 e. The summed E-state index contributed by atoms with van der Waals surface area (Å²) in [6.45, 7) is 2.08. The SMILES string of the molecule is CCC1CCC(C2CCCCC2)OC1=O. The maximum Gasteiger partial charge on any atom is 0.309 e. The quantitative estimate of drug-likeness (QED) is 0.654. The van der Waals surface area contributed by atoms with E-state index in [4.69, 9.17) is 4.74 Å². The number of esters is 1. The Labute approximate surface area is 92.4 Å². The van der Waals surface area contributed by atoms with Gasteiger partial charge in [0.2, 0.25) is 0 Å². The third kappa shape index (κ3) is 2.53. The van der Waals surface area contributed by atoms with Crippen LogP contribution in [0.5, 0.6) is 0 Å². The van der Waals surface area contributed by atoms with Crippen LogP contribution in [-0.4, -0.2) is 12.1 Å². The molecule has 1 heterocycles. The largest absolute Gasteiger partial charge is 0.462 e. The summed E-state index contributed by atoms with van der Waals surface area (Å²) in [6.07, 6.45) is 9.92. The average Bonchev–Trinajstić information content (AvgIpc) is 2.30. The van der Waals surface area contributed by atoms with Crippen LogP contribution in [-0.2, 0) is 9.53 Å². The highest BCUT2D eigenvalue weighted by Crippen LogP contribution is 2.34. The number of carbonyl (C=O) groups is 1. The van der Waals surface area contributed by atoms with Crippen molar-refractivity contribution in [1.82, 2.24) is 0 Å². The lowest BCUT2D eigenvalue weighted by Gasteiger charge is -2.34.